The Kier molecular flexibility index (Phi) is 3.38. The van der Waals surface area contributed by atoms with Crippen molar-refractivity contribution in [1.29, 1.82) is 0 Å². The van der Waals surface area contributed by atoms with E-state index >= 15 is 0 Å². The van der Waals surface area contributed by atoms with Gasteiger partial charge < -0.3 is 10.0 Å². The Labute approximate surface area is 102 Å². The zero-order chi connectivity index (χ0) is 12.6. The first-order valence-electron chi connectivity index (χ1n) is 6.18. The van der Waals surface area contributed by atoms with Crippen LogP contribution in [0.2, 0.25) is 0 Å². The molecular weight excluding hydrogens is 217 g/mol. The second-order valence-electron chi connectivity index (χ2n) is 5.16. The van der Waals surface area contributed by atoms with Gasteiger partial charge in [-0.15, -0.1) is 0 Å². The molecule has 0 aromatic heterocycles. The number of hydrogen-bond acceptors (Lipinski definition) is 2. The lowest BCUT2D eigenvalue weighted by molar-refractivity contribution is 0.199. The van der Waals surface area contributed by atoms with E-state index in [1.54, 1.807) is 13.8 Å². The Bertz CT molecular complexity index is 413. The Morgan fingerprint density at radius 1 is 1.47 bits per heavy atom. The van der Waals surface area contributed by atoms with Crippen LogP contribution in [0, 0.1) is 18.7 Å². The average molecular weight is 237 g/mol. The van der Waals surface area contributed by atoms with Crippen LogP contribution in [0.1, 0.15) is 37.0 Å². The van der Waals surface area contributed by atoms with Gasteiger partial charge in [0.25, 0.3) is 0 Å². The van der Waals surface area contributed by atoms with Gasteiger partial charge in [-0.05, 0) is 50.3 Å². The van der Waals surface area contributed by atoms with Gasteiger partial charge in [0, 0.05) is 24.8 Å². The Morgan fingerprint density at radius 2 is 2.12 bits per heavy atom. The van der Waals surface area contributed by atoms with Crippen molar-refractivity contribution in [2.24, 2.45) is 5.92 Å². The van der Waals surface area contributed by atoms with Gasteiger partial charge in [-0.25, -0.2) is 4.39 Å². The Balaban J connectivity index is 2.31. The van der Waals surface area contributed by atoms with Crippen molar-refractivity contribution >= 4 is 5.69 Å². The quantitative estimate of drug-likeness (QED) is 0.870. The van der Waals surface area contributed by atoms with Crippen molar-refractivity contribution in [3.63, 3.8) is 0 Å². The number of rotatable bonds is 4. The van der Waals surface area contributed by atoms with Crippen LogP contribution in [0.15, 0.2) is 12.1 Å². The topological polar surface area (TPSA) is 23.5 Å². The van der Waals surface area contributed by atoms with E-state index in [-0.39, 0.29) is 5.82 Å². The van der Waals surface area contributed by atoms with Crippen LogP contribution >= 0.6 is 0 Å². The lowest BCUT2D eigenvalue weighted by Gasteiger charge is -2.24. The molecule has 1 aromatic carbocycles. The van der Waals surface area contributed by atoms with Crippen LogP contribution in [0.5, 0.6) is 0 Å². The van der Waals surface area contributed by atoms with Crippen molar-refractivity contribution in [3.05, 3.63) is 29.1 Å². The first kappa shape index (κ1) is 12.4. The predicted molar refractivity (Wildman–Crippen MR) is 67.8 cm³/mol. The molecule has 0 amide bonds. The number of benzene rings is 1. The summed E-state index contributed by atoms with van der Waals surface area (Å²) in [6.45, 7) is 4.43. The number of nitrogens with zero attached hydrogens (tertiary/aromatic N) is 1. The summed E-state index contributed by atoms with van der Waals surface area (Å²) in [7, 11) is 2.01. The first-order valence-corrected chi connectivity index (χ1v) is 6.18. The maximum Gasteiger partial charge on any atom is 0.126 e. The van der Waals surface area contributed by atoms with Crippen molar-refractivity contribution in [2.75, 3.05) is 18.5 Å². The molecule has 1 N–H and O–H groups in total. The van der Waals surface area contributed by atoms with Crippen LogP contribution in [0.4, 0.5) is 10.1 Å². The van der Waals surface area contributed by atoms with E-state index in [4.69, 9.17) is 0 Å². The summed E-state index contributed by atoms with van der Waals surface area (Å²) in [6.07, 6.45) is 1.94. The highest BCUT2D eigenvalue weighted by Gasteiger charge is 2.24. The molecule has 0 spiro atoms. The molecule has 1 fully saturated rings. The average Bonchev–Trinajstić information content (AvgIpc) is 3.04. The lowest BCUT2D eigenvalue weighted by atomic mass is 10.0. The normalized spacial score (nSPS) is 17.0. The molecule has 0 unspecified atom stereocenters. The molecule has 1 atom stereocenters. The molecule has 94 valence electrons. The van der Waals surface area contributed by atoms with Crippen LogP contribution in [0.25, 0.3) is 0 Å². The summed E-state index contributed by atoms with van der Waals surface area (Å²) >= 11 is 0. The maximum absolute atomic E-state index is 13.5. The smallest absolute Gasteiger partial charge is 0.126 e. The van der Waals surface area contributed by atoms with Crippen LogP contribution < -0.4 is 4.90 Å². The highest BCUT2D eigenvalue weighted by molar-refractivity contribution is 5.56. The minimum atomic E-state index is -0.637. The zero-order valence-corrected chi connectivity index (χ0v) is 10.7. The highest BCUT2D eigenvalue weighted by Crippen LogP contribution is 2.34. The Morgan fingerprint density at radius 3 is 2.65 bits per heavy atom. The molecule has 1 aliphatic carbocycles. The van der Waals surface area contributed by atoms with E-state index in [1.807, 2.05) is 13.1 Å². The third-order valence-corrected chi connectivity index (χ3v) is 3.40. The standard InChI is InChI=1S/C14H20FNO/c1-9-6-14(16(3)8-11-4-5-11)12(10(2)17)7-13(9)15/h6-7,10-11,17H,4-5,8H2,1-3H3/t10-/m1/s1. The van der Waals surface area contributed by atoms with Gasteiger partial charge in [0.05, 0.1) is 6.10 Å². The molecule has 2 rings (SSSR count). The van der Waals surface area contributed by atoms with Crippen LogP contribution in [-0.2, 0) is 0 Å². The monoisotopic (exact) mass is 237 g/mol. The van der Waals surface area contributed by atoms with E-state index in [0.717, 1.165) is 18.2 Å². The van der Waals surface area contributed by atoms with Gasteiger partial charge in [-0.3, -0.25) is 0 Å². The van der Waals surface area contributed by atoms with Gasteiger partial charge >= 0.3 is 0 Å². The largest absolute Gasteiger partial charge is 0.389 e. The van der Waals surface area contributed by atoms with E-state index in [0.29, 0.717) is 11.1 Å². The molecule has 3 heteroatoms. The third kappa shape index (κ3) is 2.78. The minimum absolute atomic E-state index is 0.246. The molecule has 0 saturated heterocycles. The highest BCUT2D eigenvalue weighted by atomic mass is 19.1. The van der Waals surface area contributed by atoms with E-state index in [2.05, 4.69) is 4.90 Å². The molecule has 0 bridgehead atoms. The van der Waals surface area contributed by atoms with Gasteiger partial charge in [-0.1, -0.05) is 0 Å². The number of hydrogen-bond donors (Lipinski definition) is 1. The predicted octanol–water partition coefficient (Wildman–Crippen LogP) is 3.03. The second kappa shape index (κ2) is 4.65. The molecule has 17 heavy (non-hydrogen) atoms. The number of aryl methyl sites for hydroxylation is 1. The second-order valence-corrected chi connectivity index (χ2v) is 5.16. The number of aliphatic hydroxyl groups is 1. The summed E-state index contributed by atoms with van der Waals surface area (Å²) in [5.41, 5.74) is 2.26. The van der Waals surface area contributed by atoms with Gasteiger partial charge in [0.2, 0.25) is 0 Å². The van der Waals surface area contributed by atoms with Crippen LogP contribution in [-0.4, -0.2) is 18.7 Å². The first-order chi connectivity index (χ1) is 7.99. The van der Waals surface area contributed by atoms with E-state index in [9.17, 15) is 9.50 Å². The summed E-state index contributed by atoms with van der Waals surface area (Å²) in [4.78, 5) is 2.13. The summed E-state index contributed by atoms with van der Waals surface area (Å²) < 4.78 is 13.5. The van der Waals surface area contributed by atoms with Gasteiger partial charge in [0.15, 0.2) is 0 Å². The molecule has 1 aromatic rings. The molecule has 0 radical (unpaired) electrons. The van der Waals surface area contributed by atoms with Gasteiger partial charge in [0.1, 0.15) is 5.82 Å². The maximum atomic E-state index is 13.5. The molecule has 1 aliphatic rings. The summed E-state index contributed by atoms with van der Waals surface area (Å²) in [5, 5.41) is 9.73. The number of aliphatic hydroxyl groups excluding tert-OH is 1. The fourth-order valence-corrected chi connectivity index (χ4v) is 2.13. The summed E-state index contributed by atoms with van der Waals surface area (Å²) in [5.74, 6) is 0.525. The minimum Gasteiger partial charge on any atom is -0.389 e. The molecule has 0 aliphatic heterocycles. The molecule has 2 nitrogen and oxygen atoms in total. The number of anilines is 1. The van der Waals surface area contributed by atoms with Gasteiger partial charge in [-0.2, -0.15) is 0 Å². The molecule has 0 heterocycles. The molecule has 1 saturated carbocycles. The van der Waals surface area contributed by atoms with Crippen molar-refractivity contribution < 1.29 is 9.50 Å². The number of halogens is 1. The lowest BCUT2D eigenvalue weighted by Crippen LogP contribution is -2.22. The zero-order valence-electron chi connectivity index (χ0n) is 10.7. The summed E-state index contributed by atoms with van der Waals surface area (Å²) in [6, 6.07) is 3.29. The third-order valence-electron chi connectivity index (χ3n) is 3.40. The van der Waals surface area contributed by atoms with Crippen molar-refractivity contribution in [2.45, 2.75) is 32.8 Å². The van der Waals surface area contributed by atoms with Crippen molar-refractivity contribution in [3.8, 4) is 0 Å². The van der Waals surface area contributed by atoms with E-state index in [1.165, 1.54) is 18.9 Å². The fourth-order valence-electron chi connectivity index (χ4n) is 2.13. The SMILES string of the molecule is Cc1cc(N(C)CC2CC2)c([C@@H](C)O)cc1F. The fraction of sp³-hybridized carbons (Fsp3) is 0.571. The van der Waals surface area contributed by atoms with Crippen molar-refractivity contribution in [1.82, 2.24) is 0 Å². The van der Waals surface area contributed by atoms with E-state index < -0.39 is 6.10 Å². The molecular formula is C14H20FNO. The van der Waals surface area contributed by atoms with Crippen LogP contribution in [0.3, 0.4) is 0 Å². The Hall–Kier alpha value is -1.09.